The van der Waals surface area contributed by atoms with Gasteiger partial charge in [0.15, 0.2) is 0 Å². The molecule has 0 aromatic carbocycles. The molecule has 3 heteroatoms. The van der Waals surface area contributed by atoms with Gasteiger partial charge in [-0.1, -0.05) is 0 Å². The molecule has 0 heterocycles. The molecule has 0 saturated heterocycles. The third-order valence-corrected chi connectivity index (χ3v) is 1.48. The molecule has 0 amide bonds. The van der Waals surface area contributed by atoms with Crippen LogP contribution in [0.5, 0.6) is 0 Å². The molecule has 3 N–H and O–H groups in total. The zero-order valence-electron chi connectivity index (χ0n) is 5.19. The number of rotatable bonds is 5. The quantitative estimate of drug-likeness (QED) is 0.417. The van der Waals surface area contributed by atoms with E-state index in [0.29, 0.717) is 0 Å². The fourth-order valence-corrected chi connectivity index (χ4v) is 0.882. The second-order valence-electron chi connectivity index (χ2n) is 1.68. The van der Waals surface area contributed by atoms with Crippen molar-refractivity contribution >= 4 is 16.9 Å². The van der Waals surface area contributed by atoms with Gasteiger partial charge in [0.25, 0.3) is 0 Å². The molecule has 0 radical (unpaired) electrons. The topological polar surface area (TPSA) is 38.0 Å². The minimum absolute atomic E-state index is 0.807. The number of hydrogen-bond acceptors (Lipinski definition) is 2. The van der Waals surface area contributed by atoms with E-state index in [9.17, 15) is 0 Å². The Balaban J connectivity index is 2.53. The van der Waals surface area contributed by atoms with Crippen LogP contribution >= 0.6 is 0 Å². The summed E-state index contributed by atoms with van der Waals surface area (Å²) in [5, 5.41) is 4.55. The summed E-state index contributed by atoms with van der Waals surface area (Å²) in [4.78, 5) is 0. The molecular formula is C5H15AsN2. The van der Waals surface area contributed by atoms with Crippen LogP contribution in [0, 0.1) is 0 Å². The van der Waals surface area contributed by atoms with Gasteiger partial charge in [-0.25, -0.2) is 0 Å². The fraction of sp³-hybridized carbons (Fsp3) is 1.00. The summed E-state index contributed by atoms with van der Waals surface area (Å²) in [6, 6.07) is 0. The van der Waals surface area contributed by atoms with Gasteiger partial charge in [0.05, 0.1) is 0 Å². The predicted molar refractivity (Wildman–Crippen MR) is 39.9 cm³/mol. The SMILES string of the molecule is NCCCNCC[AsH2]. The van der Waals surface area contributed by atoms with Crippen molar-refractivity contribution in [2.24, 2.45) is 5.73 Å². The number of hydrogen-bond donors (Lipinski definition) is 2. The minimum atomic E-state index is 0.807. The first-order valence-corrected chi connectivity index (χ1v) is 4.74. The Hall–Kier alpha value is 0.478. The maximum absolute atomic E-state index is 5.27. The van der Waals surface area contributed by atoms with Gasteiger partial charge in [-0.15, -0.1) is 0 Å². The van der Waals surface area contributed by atoms with Crippen molar-refractivity contribution < 1.29 is 0 Å². The van der Waals surface area contributed by atoms with Gasteiger partial charge >= 0.3 is 59.2 Å². The summed E-state index contributed by atoms with van der Waals surface area (Å²) in [7, 11) is 0. The Labute approximate surface area is 59.7 Å². The van der Waals surface area contributed by atoms with Gasteiger partial charge in [-0.3, -0.25) is 0 Å². The first-order valence-electron chi connectivity index (χ1n) is 3.02. The summed E-state index contributed by atoms with van der Waals surface area (Å²) < 4.78 is 0. The third kappa shape index (κ3) is 6.48. The summed E-state index contributed by atoms with van der Waals surface area (Å²) in [5.41, 5.74) is 5.27. The van der Waals surface area contributed by atoms with E-state index < -0.39 is 0 Å². The van der Waals surface area contributed by atoms with Gasteiger partial charge in [0, 0.05) is 0 Å². The van der Waals surface area contributed by atoms with Crippen LogP contribution in [0.2, 0.25) is 5.21 Å². The van der Waals surface area contributed by atoms with Gasteiger partial charge in [0.1, 0.15) is 0 Å². The van der Waals surface area contributed by atoms with E-state index in [0.717, 1.165) is 26.1 Å². The van der Waals surface area contributed by atoms with Crippen LogP contribution < -0.4 is 11.1 Å². The van der Waals surface area contributed by atoms with Crippen LogP contribution in [-0.2, 0) is 0 Å². The number of nitrogens with one attached hydrogen (secondary N) is 1. The number of nitrogens with two attached hydrogens (primary N) is 1. The van der Waals surface area contributed by atoms with E-state index in [2.05, 4.69) is 5.32 Å². The van der Waals surface area contributed by atoms with Crippen LogP contribution in [0.1, 0.15) is 6.42 Å². The molecule has 0 aromatic heterocycles. The van der Waals surface area contributed by atoms with Crippen molar-refractivity contribution in [2.45, 2.75) is 11.6 Å². The summed E-state index contributed by atoms with van der Waals surface area (Å²) in [6.45, 7) is 3.04. The van der Waals surface area contributed by atoms with Crippen molar-refractivity contribution in [1.82, 2.24) is 5.32 Å². The van der Waals surface area contributed by atoms with Gasteiger partial charge < -0.3 is 0 Å². The van der Waals surface area contributed by atoms with Gasteiger partial charge in [-0.2, -0.15) is 0 Å². The molecule has 0 aliphatic rings. The Bertz CT molecular complexity index is 35.4. The molecule has 0 aromatic rings. The molecule has 0 saturated carbocycles. The molecule has 0 rings (SSSR count). The average Bonchev–Trinajstić information content (AvgIpc) is 1.81. The predicted octanol–water partition coefficient (Wildman–Crippen LogP) is -1.02. The molecule has 1 atom stereocenters. The van der Waals surface area contributed by atoms with Crippen molar-refractivity contribution in [1.29, 1.82) is 0 Å². The molecule has 8 heavy (non-hydrogen) atoms. The maximum atomic E-state index is 5.27. The molecule has 2 nitrogen and oxygen atoms in total. The second kappa shape index (κ2) is 7.48. The Kier molecular flexibility index (Phi) is 7.93. The normalized spacial score (nSPS) is 9.75. The fourth-order valence-electron chi connectivity index (χ4n) is 0.454. The zero-order valence-corrected chi connectivity index (χ0v) is 7.61. The molecule has 0 aliphatic carbocycles. The van der Waals surface area contributed by atoms with Gasteiger partial charge in [-0.05, 0) is 0 Å². The first kappa shape index (κ1) is 8.48. The van der Waals surface area contributed by atoms with E-state index in [1.807, 2.05) is 0 Å². The van der Waals surface area contributed by atoms with Crippen LogP contribution in [0.15, 0.2) is 0 Å². The van der Waals surface area contributed by atoms with E-state index in [1.54, 1.807) is 16.9 Å². The van der Waals surface area contributed by atoms with Crippen molar-refractivity contribution in [3.8, 4) is 0 Å². The van der Waals surface area contributed by atoms with Crippen LogP contribution in [0.25, 0.3) is 0 Å². The van der Waals surface area contributed by atoms with Crippen LogP contribution in [0.4, 0.5) is 0 Å². The first-order chi connectivity index (χ1) is 3.91. The summed E-state index contributed by atoms with van der Waals surface area (Å²) >= 11 is 1.78. The van der Waals surface area contributed by atoms with Crippen molar-refractivity contribution in [3.05, 3.63) is 0 Å². The molecule has 1 unspecified atom stereocenters. The van der Waals surface area contributed by atoms with E-state index >= 15 is 0 Å². The zero-order chi connectivity index (χ0) is 6.24. The van der Waals surface area contributed by atoms with Crippen molar-refractivity contribution in [3.63, 3.8) is 0 Å². The van der Waals surface area contributed by atoms with E-state index in [4.69, 9.17) is 5.73 Å². The monoisotopic (exact) mass is 178 g/mol. The van der Waals surface area contributed by atoms with E-state index in [1.165, 1.54) is 5.21 Å². The Morgan fingerprint density at radius 3 is 2.62 bits per heavy atom. The summed E-state index contributed by atoms with van der Waals surface area (Å²) in [5.74, 6) is 0. The molecule has 0 fully saturated rings. The van der Waals surface area contributed by atoms with Crippen molar-refractivity contribution in [2.75, 3.05) is 19.6 Å². The van der Waals surface area contributed by atoms with Crippen LogP contribution in [-0.4, -0.2) is 36.5 Å². The third-order valence-electron chi connectivity index (χ3n) is 0.879. The Morgan fingerprint density at radius 2 is 2.12 bits per heavy atom. The standard InChI is InChI=1S/C5H15AsN2/c6-2-5-8-4-1-3-7/h8H,1-7H2. The molecule has 50 valence electrons. The Morgan fingerprint density at radius 1 is 1.38 bits per heavy atom. The van der Waals surface area contributed by atoms with Crippen LogP contribution in [0.3, 0.4) is 0 Å². The second-order valence-corrected chi connectivity index (χ2v) is 2.89. The van der Waals surface area contributed by atoms with Gasteiger partial charge in [0.2, 0.25) is 0 Å². The summed E-state index contributed by atoms with van der Waals surface area (Å²) in [6.07, 6.45) is 1.10. The average molecular weight is 178 g/mol. The molecule has 0 aliphatic heterocycles. The molecule has 0 bridgehead atoms. The molecular weight excluding hydrogens is 163 g/mol. The molecule has 0 spiro atoms. The van der Waals surface area contributed by atoms with E-state index in [-0.39, 0.29) is 0 Å².